The van der Waals surface area contributed by atoms with E-state index in [9.17, 15) is 4.79 Å². The van der Waals surface area contributed by atoms with Crippen LogP contribution in [-0.4, -0.2) is 20.9 Å². The molecule has 0 amide bonds. The van der Waals surface area contributed by atoms with Crippen LogP contribution in [0.4, 0.5) is 0 Å². The molecule has 3 aromatic carbocycles. The van der Waals surface area contributed by atoms with Crippen molar-refractivity contribution in [1.82, 2.24) is 9.78 Å². The van der Waals surface area contributed by atoms with Crippen LogP contribution < -0.4 is 4.74 Å². The Balaban J connectivity index is 1.80. The summed E-state index contributed by atoms with van der Waals surface area (Å²) >= 11 is 0. The minimum Gasteiger partial charge on any atom is -0.478 e. The maximum atomic E-state index is 11.0. The van der Waals surface area contributed by atoms with Gasteiger partial charge in [-0.25, -0.2) is 9.48 Å². The second kappa shape index (κ2) is 6.13. The Morgan fingerprint density at radius 1 is 0.880 bits per heavy atom. The zero-order chi connectivity index (χ0) is 17.2. The molecule has 0 aliphatic rings. The third-order valence-electron chi connectivity index (χ3n) is 3.87. The van der Waals surface area contributed by atoms with Gasteiger partial charge in [0.2, 0.25) is 5.88 Å². The number of benzene rings is 3. The number of hydrogen-bond acceptors (Lipinski definition) is 3. The molecule has 0 fully saturated rings. The molecule has 0 aliphatic carbocycles. The van der Waals surface area contributed by atoms with Gasteiger partial charge < -0.3 is 9.84 Å². The molecule has 0 saturated heterocycles. The first-order valence-electron chi connectivity index (χ1n) is 7.77. The smallest absolute Gasteiger partial charge is 0.335 e. The fourth-order valence-corrected chi connectivity index (χ4v) is 2.66. The molecule has 5 nitrogen and oxygen atoms in total. The minimum absolute atomic E-state index is 0.237. The van der Waals surface area contributed by atoms with Crippen LogP contribution in [-0.2, 0) is 0 Å². The third kappa shape index (κ3) is 2.83. The van der Waals surface area contributed by atoms with Crippen molar-refractivity contribution in [1.29, 1.82) is 0 Å². The van der Waals surface area contributed by atoms with Gasteiger partial charge in [-0.3, -0.25) is 0 Å². The Morgan fingerprint density at radius 3 is 2.28 bits per heavy atom. The number of nitrogens with zero attached hydrogens (tertiary/aromatic N) is 2. The highest BCUT2D eigenvalue weighted by Crippen LogP contribution is 2.30. The summed E-state index contributed by atoms with van der Waals surface area (Å²) in [7, 11) is 0. The number of para-hydroxylation sites is 2. The predicted molar refractivity (Wildman–Crippen MR) is 94.5 cm³/mol. The lowest BCUT2D eigenvalue weighted by molar-refractivity contribution is 0.0697. The zero-order valence-corrected chi connectivity index (χ0v) is 13.2. The van der Waals surface area contributed by atoms with Crippen molar-refractivity contribution in [2.45, 2.75) is 0 Å². The van der Waals surface area contributed by atoms with Gasteiger partial charge in [0, 0.05) is 0 Å². The van der Waals surface area contributed by atoms with Crippen LogP contribution in [0.5, 0.6) is 11.6 Å². The Kier molecular flexibility index (Phi) is 3.67. The summed E-state index contributed by atoms with van der Waals surface area (Å²) in [6.45, 7) is 0. The van der Waals surface area contributed by atoms with Gasteiger partial charge in [0.05, 0.1) is 22.2 Å². The van der Waals surface area contributed by atoms with Crippen molar-refractivity contribution in [2.75, 3.05) is 0 Å². The van der Waals surface area contributed by atoms with E-state index in [0.29, 0.717) is 11.6 Å². The van der Waals surface area contributed by atoms with Crippen LogP contribution in [0.2, 0.25) is 0 Å². The normalized spacial score (nSPS) is 10.7. The summed E-state index contributed by atoms with van der Waals surface area (Å²) in [5.41, 5.74) is 1.89. The molecule has 122 valence electrons. The largest absolute Gasteiger partial charge is 0.478 e. The van der Waals surface area contributed by atoms with Gasteiger partial charge in [-0.2, -0.15) is 0 Å². The Bertz CT molecular complexity index is 1040. The fraction of sp³-hybridized carbons (Fsp3) is 0. The molecule has 5 heteroatoms. The van der Waals surface area contributed by atoms with Crippen LogP contribution in [0, 0.1) is 0 Å². The summed E-state index contributed by atoms with van der Waals surface area (Å²) in [6, 6.07) is 23.8. The SMILES string of the molecule is O=C(O)c1ccc(-n2nc(Oc3ccccc3)c3ccccc32)cc1. The molecular weight excluding hydrogens is 316 g/mol. The lowest BCUT2D eigenvalue weighted by Gasteiger charge is -2.04. The molecule has 0 atom stereocenters. The summed E-state index contributed by atoms with van der Waals surface area (Å²) in [6.07, 6.45) is 0. The molecule has 0 spiro atoms. The van der Waals surface area contributed by atoms with E-state index in [-0.39, 0.29) is 5.56 Å². The maximum absolute atomic E-state index is 11.0. The van der Waals surface area contributed by atoms with E-state index in [1.807, 2.05) is 54.6 Å². The van der Waals surface area contributed by atoms with Gasteiger partial charge in [-0.05, 0) is 48.5 Å². The Morgan fingerprint density at radius 2 is 1.56 bits per heavy atom. The number of fused-ring (bicyclic) bond motifs is 1. The number of carboxylic acids is 1. The van der Waals surface area contributed by atoms with Crippen molar-refractivity contribution in [3.8, 4) is 17.3 Å². The highest BCUT2D eigenvalue weighted by atomic mass is 16.5. The van der Waals surface area contributed by atoms with Gasteiger partial charge in [0.25, 0.3) is 0 Å². The maximum Gasteiger partial charge on any atom is 0.335 e. The molecule has 1 aromatic heterocycles. The monoisotopic (exact) mass is 330 g/mol. The molecule has 0 unspecified atom stereocenters. The van der Waals surface area contributed by atoms with Crippen LogP contribution in [0.15, 0.2) is 78.9 Å². The second-order valence-corrected chi connectivity index (χ2v) is 5.50. The number of rotatable bonds is 4. The molecule has 4 aromatic rings. The van der Waals surface area contributed by atoms with Crippen molar-refractivity contribution in [3.05, 3.63) is 84.4 Å². The standard InChI is InChI=1S/C20H14N2O3/c23-20(24)14-10-12-15(13-11-14)22-18-9-5-4-8-17(18)19(21-22)25-16-6-2-1-3-7-16/h1-13H,(H,23,24). The zero-order valence-electron chi connectivity index (χ0n) is 13.2. The average molecular weight is 330 g/mol. The number of carbonyl (C=O) groups is 1. The molecule has 0 radical (unpaired) electrons. The summed E-state index contributed by atoms with van der Waals surface area (Å²) in [5, 5.41) is 14.5. The number of ether oxygens (including phenoxy) is 1. The Labute approximate surface area is 143 Å². The molecule has 0 bridgehead atoms. The van der Waals surface area contributed by atoms with Crippen LogP contribution in [0.3, 0.4) is 0 Å². The first-order valence-corrected chi connectivity index (χ1v) is 7.77. The van der Waals surface area contributed by atoms with E-state index < -0.39 is 5.97 Å². The van der Waals surface area contributed by atoms with Gasteiger partial charge in [0.15, 0.2) is 0 Å². The van der Waals surface area contributed by atoms with Crippen LogP contribution in [0.25, 0.3) is 16.6 Å². The summed E-state index contributed by atoms with van der Waals surface area (Å²) in [5.74, 6) is 0.258. The lowest BCUT2D eigenvalue weighted by atomic mass is 10.2. The number of hydrogen-bond donors (Lipinski definition) is 1. The predicted octanol–water partition coefficient (Wildman–Crippen LogP) is 4.52. The van der Waals surface area contributed by atoms with E-state index >= 15 is 0 Å². The number of aromatic carboxylic acids is 1. The van der Waals surface area contributed by atoms with Gasteiger partial charge in [0.1, 0.15) is 5.75 Å². The molecule has 0 saturated carbocycles. The topological polar surface area (TPSA) is 64.3 Å². The van der Waals surface area contributed by atoms with Gasteiger partial charge in [-0.1, -0.05) is 30.3 Å². The highest BCUT2D eigenvalue weighted by molar-refractivity contribution is 5.88. The van der Waals surface area contributed by atoms with Gasteiger partial charge >= 0.3 is 5.97 Å². The van der Waals surface area contributed by atoms with Crippen molar-refractivity contribution in [2.24, 2.45) is 0 Å². The van der Waals surface area contributed by atoms with Crippen LogP contribution >= 0.6 is 0 Å². The van der Waals surface area contributed by atoms with Crippen LogP contribution in [0.1, 0.15) is 10.4 Å². The number of carboxylic acid groups (broad SMARTS) is 1. The second-order valence-electron chi connectivity index (χ2n) is 5.50. The van der Waals surface area contributed by atoms with Crippen molar-refractivity contribution >= 4 is 16.9 Å². The van der Waals surface area contributed by atoms with Crippen molar-refractivity contribution in [3.63, 3.8) is 0 Å². The van der Waals surface area contributed by atoms with E-state index in [2.05, 4.69) is 5.10 Å². The highest BCUT2D eigenvalue weighted by Gasteiger charge is 2.13. The van der Waals surface area contributed by atoms with E-state index in [4.69, 9.17) is 9.84 Å². The summed E-state index contributed by atoms with van der Waals surface area (Å²) < 4.78 is 7.68. The lowest BCUT2D eigenvalue weighted by Crippen LogP contribution is -1.99. The molecule has 1 heterocycles. The van der Waals surface area contributed by atoms with E-state index in [0.717, 1.165) is 16.6 Å². The average Bonchev–Trinajstić information content (AvgIpc) is 3.01. The quantitative estimate of drug-likeness (QED) is 0.598. The molecule has 1 N–H and O–H groups in total. The molecular formula is C20H14N2O3. The first-order chi connectivity index (χ1) is 12.2. The van der Waals surface area contributed by atoms with Gasteiger partial charge in [-0.15, -0.1) is 5.10 Å². The third-order valence-corrected chi connectivity index (χ3v) is 3.87. The van der Waals surface area contributed by atoms with Crippen molar-refractivity contribution < 1.29 is 14.6 Å². The Hall–Kier alpha value is -3.60. The van der Waals surface area contributed by atoms with E-state index in [1.165, 1.54) is 0 Å². The van der Waals surface area contributed by atoms with E-state index in [1.54, 1.807) is 28.9 Å². The minimum atomic E-state index is -0.954. The fourth-order valence-electron chi connectivity index (χ4n) is 2.66. The number of aromatic nitrogens is 2. The molecule has 0 aliphatic heterocycles. The summed E-state index contributed by atoms with van der Waals surface area (Å²) in [4.78, 5) is 11.0. The first kappa shape index (κ1) is 15.0. The molecule has 4 rings (SSSR count). The molecule has 25 heavy (non-hydrogen) atoms.